The summed E-state index contributed by atoms with van der Waals surface area (Å²) in [6, 6.07) is 8.51. The van der Waals surface area contributed by atoms with E-state index in [9.17, 15) is 13.2 Å². The Morgan fingerprint density at radius 2 is 1.88 bits per heavy atom. The fourth-order valence-corrected chi connectivity index (χ4v) is 2.04. The summed E-state index contributed by atoms with van der Waals surface area (Å²) in [6.45, 7) is 0. The highest BCUT2D eigenvalue weighted by Crippen LogP contribution is 2.33. The summed E-state index contributed by atoms with van der Waals surface area (Å²) in [5, 5.41) is 6.91. The summed E-state index contributed by atoms with van der Waals surface area (Å²) >= 11 is 0. The molecule has 0 aliphatic carbocycles. The number of nitrogens with two attached hydrogens (primary N) is 3. The van der Waals surface area contributed by atoms with Gasteiger partial charge in [0.05, 0.1) is 0 Å². The number of nitrogen functional groups attached to an aromatic ring is 1. The quantitative estimate of drug-likeness (QED) is 0.345. The molecule has 0 saturated heterocycles. The maximum Gasteiger partial charge on any atom is 0.431 e. The van der Waals surface area contributed by atoms with E-state index < -0.39 is 11.9 Å². The van der Waals surface area contributed by atoms with Gasteiger partial charge in [-0.3, -0.25) is 0 Å². The van der Waals surface area contributed by atoms with Crippen LogP contribution in [0.15, 0.2) is 52.7 Å². The third kappa shape index (κ3) is 4.15. The summed E-state index contributed by atoms with van der Waals surface area (Å²) in [5.74, 6) is -0.220. The zero-order chi connectivity index (χ0) is 17.7. The van der Waals surface area contributed by atoms with Gasteiger partial charge in [0.1, 0.15) is 5.69 Å². The van der Waals surface area contributed by atoms with Crippen molar-refractivity contribution in [2.24, 2.45) is 21.7 Å². The van der Waals surface area contributed by atoms with Crippen LogP contribution < -0.4 is 17.2 Å². The normalized spacial score (nSPS) is 12.1. The molecule has 0 saturated carbocycles. The SMILES string of the molecule is NC(N)=N/N=C/C=C/c1ccc(C(F)(F)F)n1-c1cccc(N)c1. The molecule has 0 fully saturated rings. The number of hydrogen-bond acceptors (Lipinski definition) is 3. The zero-order valence-electron chi connectivity index (χ0n) is 12.4. The van der Waals surface area contributed by atoms with Crippen molar-refractivity contribution in [1.82, 2.24) is 4.57 Å². The molecule has 2 rings (SSSR count). The number of halogens is 3. The predicted octanol–water partition coefficient (Wildman–Crippen LogP) is 2.35. The van der Waals surface area contributed by atoms with E-state index in [0.29, 0.717) is 17.1 Å². The largest absolute Gasteiger partial charge is 0.431 e. The van der Waals surface area contributed by atoms with Gasteiger partial charge in [-0.25, -0.2) is 0 Å². The molecule has 0 spiro atoms. The van der Waals surface area contributed by atoms with Crippen molar-refractivity contribution in [2.75, 3.05) is 5.73 Å². The molecule has 0 aliphatic rings. The molecule has 2 aromatic rings. The van der Waals surface area contributed by atoms with E-state index in [4.69, 9.17) is 17.2 Å². The van der Waals surface area contributed by atoms with Gasteiger partial charge in [-0.1, -0.05) is 6.07 Å². The van der Waals surface area contributed by atoms with Crippen LogP contribution in [0, 0.1) is 0 Å². The molecule has 0 unspecified atom stereocenters. The third-order valence-electron chi connectivity index (χ3n) is 2.92. The molecular weight excluding hydrogens is 321 g/mol. The number of allylic oxidation sites excluding steroid dienone is 1. The Bertz CT molecular complexity index is 798. The van der Waals surface area contributed by atoms with E-state index in [1.54, 1.807) is 12.1 Å². The number of rotatable bonds is 4. The van der Waals surface area contributed by atoms with Crippen molar-refractivity contribution >= 4 is 23.9 Å². The summed E-state index contributed by atoms with van der Waals surface area (Å²) in [7, 11) is 0. The molecule has 24 heavy (non-hydrogen) atoms. The molecule has 0 aliphatic heterocycles. The molecular formula is C15H15F3N6. The number of alkyl halides is 3. The molecule has 6 nitrogen and oxygen atoms in total. The van der Waals surface area contributed by atoms with Gasteiger partial charge < -0.3 is 21.8 Å². The molecule has 126 valence electrons. The Hall–Kier alpha value is -3.23. The Balaban J connectivity index is 2.46. The molecule has 0 amide bonds. The average Bonchev–Trinajstić information content (AvgIpc) is 2.90. The van der Waals surface area contributed by atoms with Crippen molar-refractivity contribution in [3.63, 3.8) is 0 Å². The Morgan fingerprint density at radius 3 is 2.50 bits per heavy atom. The minimum absolute atomic E-state index is 0.220. The predicted molar refractivity (Wildman–Crippen MR) is 88.5 cm³/mol. The second kappa shape index (κ2) is 6.90. The lowest BCUT2D eigenvalue weighted by Crippen LogP contribution is -2.21. The lowest BCUT2D eigenvalue weighted by Gasteiger charge is -2.14. The van der Waals surface area contributed by atoms with E-state index in [-0.39, 0.29) is 5.96 Å². The van der Waals surface area contributed by atoms with Crippen LogP contribution in [0.25, 0.3) is 11.8 Å². The number of benzene rings is 1. The highest BCUT2D eigenvalue weighted by Gasteiger charge is 2.35. The lowest BCUT2D eigenvalue weighted by molar-refractivity contribution is -0.142. The lowest BCUT2D eigenvalue weighted by atomic mass is 10.2. The molecule has 0 bridgehead atoms. The summed E-state index contributed by atoms with van der Waals surface area (Å²) in [6.07, 6.45) is -0.387. The van der Waals surface area contributed by atoms with Gasteiger partial charge in [-0.05, 0) is 42.5 Å². The van der Waals surface area contributed by atoms with Gasteiger partial charge in [-0.2, -0.15) is 18.3 Å². The first kappa shape index (κ1) is 17.1. The van der Waals surface area contributed by atoms with Crippen LogP contribution >= 0.6 is 0 Å². The standard InChI is InChI=1S/C15H15F3N6/c16-15(17,18)13-7-6-11(5-2-8-22-23-14(20)21)24(13)12-4-1-3-10(19)9-12/h1-9H,19H2,(H4,20,21,23)/b5-2+,22-8+. The Kier molecular flexibility index (Phi) is 4.93. The number of aromatic nitrogens is 1. The molecule has 1 aromatic carbocycles. The third-order valence-corrected chi connectivity index (χ3v) is 2.92. The van der Waals surface area contributed by atoms with Gasteiger partial charge in [-0.15, -0.1) is 5.10 Å². The van der Waals surface area contributed by atoms with E-state index >= 15 is 0 Å². The van der Waals surface area contributed by atoms with Crippen molar-refractivity contribution in [3.05, 3.63) is 53.9 Å². The highest BCUT2D eigenvalue weighted by molar-refractivity contribution is 5.80. The van der Waals surface area contributed by atoms with Crippen LogP contribution in [-0.4, -0.2) is 16.7 Å². The molecule has 1 heterocycles. The second-order valence-corrected chi connectivity index (χ2v) is 4.72. The average molecular weight is 336 g/mol. The van der Waals surface area contributed by atoms with Crippen LogP contribution in [-0.2, 0) is 6.18 Å². The number of hydrogen-bond donors (Lipinski definition) is 3. The maximum atomic E-state index is 13.2. The van der Waals surface area contributed by atoms with Crippen LogP contribution in [0.2, 0.25) is 0 Å². The molecule has 0 radical (unpaired) electrons. The summed E-state index contributed by atoms with van der Waals surface area (Å²) in [4.78, 5) is 0. The summed E-state index contributed by atoms with van der Waals surface area (Å²) in [5.41, 5.74) is 16.0. The van der Waals surface area contributed by atoms with Crippen LogP contribution in [0.5, 0.6) is 0 Å². The van der Waals surface area contributed by atoms with Gasteiger partial charge in [0, 0.05) is 23.3 Å². The second-order valence-electron chi connectivity index (χ2n) is 4.72. The maximum absolute atomic E-state index is 13.2. The Labute approximate surface area is 135 Å². The summed E-state index contributed by atoms with van der Waals surface area (Å²) < 4.78 is 40.8. The van der Waals surface area contributed by atoms with Crippen molar-refractivity contribution in [1.29, 1.82) is 0 Å². The van der Waals surface area contributed by atoms with E-state index in [1.807, 2.05) is 0 Å². The fourth-order valence-electron chi connectivity index (χ4n) is 2.04. The molecule has 9 heteroatoms. The number of guanidine groups is 1. The molecule has 6 N–H and O–H groups in total. The van der Waals surface area contributed by atoms with Crippen LogP contribution in [0.1, 0.15) is 11.4 Å². The van der Waals surface area contributed by atoms with E-state index in [0.717, 1.165) is 10.6 Å². The minimum Gasteiger partial charge on any atom is -0.399 e. The van der Waals surface area contributed by atoms with Crippen molar-refractivity contribution in [2.45, 2.75) is 6.18 Å². The highest BCUT2D eigenvalue weighted by atomic mass is 19.4. The first-order chi connectivity index (χ1) is 11.3. The van der Waals surface area contributed by atoms with Crippen molar-refractivity contribution in [3.8, 4) is 5.69 Å². The monoisotopic (exact) mass is 336 g/mol. The number of anilines is 1. The first-order valence-corrected chi connectivity index (χ1v) is 6.72. The van der Waals surface area contributed by atoms with Gasteiger partial charge >= 0.3 is 6.18 Å². The van der Waals surface area contributed by atoms with E-state index in [2.05, 4.69) is 10.2 Å². The van der Waals surface area contributed by atoms with Crippen LogP contribution in [0.4, 0.5) is 18.9 Å². The Morgan fingerprint density at radius 1 is 1.12 bits per heavy atom. The topological polar surface area (TPSA) is 108 Å². The van der Waals surface area contributed by atoms with E-state index in [1.165, 1.54) is 36.6 Å². The van der Waals surface area contributed by atoms with Gasteiger partial charge in [0.15, 0.2) is 0 Å². The van der Waals surface area contributed by atoms with Gasteiger partial charge in [0.2, 0.25) is 5.96 Å². The van der Waals surface area contributed by atoms with Gasteiger partial charge in [0.25, 0.3) is 0 Å². The van der Waals surface area contributed by atoms with Crippen molar-refractivity contribution < 1.29 is 13.2 Å². The number of nitrogens with zero attached hydrogens (tertiary/aromatic N) is 3. The fraction of sp³-hybridized carbons (Fsp3) is 0.0667. The molecule has 1 aromatic heterocycles. The minimum atomic E-state index is -4.51. The first-order valence-electron chi connectivity index (χ1n) is 6.72. The molecule has 0 atom stereocenters. The zero-order valence-corrected chi connectivity index (χ0v) is 12.4. The van der Waals surface area contributed by atoms with Crippen LogP contribution in [0.3, 0.4) is 0 Å². The smallest absolute Gasteiger partial charge is 0.399 e.